The van der Waals surface area contributed by atoms with Gasteiger partial charge in [0.15, 0.2) is 0 Å². The van der Waals surface area contributed by atoms with E-state index in [1.807, 2.05) is 49.5 Å². The molecular formula is C25H27N5O4. The molecule has 2 atom stereocenters. The lowest BCUT2D eigenvalue weighted by Gasteiger charge is -2.32. The number of hydrogen-bond acceptors (Lipinski definition) is 7. The molecule has 0 aliphatic carbocycles. The molecule has 2 aliphatic heterocycles. The van der Waals surface area contributed by atoms with Gasteiger partial charge in [0.1, 0.15) is 0 Å². The van der Waals surface area contributed by atoms with Crippen LogP contribution in [0.1, 0.15) is 29.2 Å². The van der Waals surface area contributed by atoms with Crippen molar-refractivity contribution in [2.24, 2.45) is 0 Å². The number of aliphatic hydroxyl groups excluding tert-OH is 1. The molecule has 5 rings (SSSR count). The first kappa shape index (κ1) is 22.2. The molecule has 0 saturated carbocycles. The minimum absolute atomic E-state index is 0.0232. The Morgan fingerprint density at radius 2 is 2.21 bits per heavy atom. The number of hydrogen-bond donors (Lipinski definition) is 2. The number of fused-ring (bicyclic) bond motifs is 1. The van der Waals surface area contributed by atoms with Gasteiger partial charge in [-0.3, -0.25) is 14.5 Å². The molecule has 1 saturated heterocycles. The van der Waals surface area contributed by atoms with E-state index in [2.05, 4.69) is 20.4 Å². The molecule has 9 heteroatoms. The minimum atomic E-state index is -0.339. The van der Waals surface area contributed by atoms with Crippen LogP contribution >= 0.6 is 0 Å². The van der Waals surface area contributed by atoms with Crippen LogP contribution in [0.5, 0.6) is 0 Å². The third-order valence-corrected chi connectivity index (χ3v) is 6.59. The first-order chi connectivity index (χ1) is 16.5. The van der Waals surface area contributed by atoms with Crippen molar-refractivity contribution in [1.29, 1.82) is 0 Å². The Hall–Kier alpha value is -3.56. The number of anilines is 1. The van der Waals surface area contributed by atoms with Crippen molar-refractivity contribution in [3.8, 4) is 11.4 Å². The van der Waals surface area contributed by atoms with E-state index in [-0.39, 0.29) is 30.4 Å². The van der Waals surface area contributed by atoms with E-state index < -0.39 is 0 Å². The summed E-state index contributed by atoms with van der Waals surface area (Å²) in [5, 5.41) is 16.8. The van der Waals surface area contributed by atoms with Crippen molar-refractivity contribution < 1.29 is 19.2 Å². The van der Waals surface area contributed by atoms with Crippen LogP contribution in [-0.4, -0.2) is 69.6 Å². The first-order valence-corrected chi connectivity index (χ1v) is 11.4. The number of likely N-dealkylation sites (N-methyl/N-ethyl adjacent to an activating group) is 1. The van der Waals surface area contributed by atoms with Gasteiger partial charge in [0, 0.05) is 37.9 Å². The molecule has 1 fully saturated rings. The largest absolute Gasteiger partial charge is 0.392 e. The second-order valence-electron chi connectivity index (χ2n) is 9.00. The van der Waals surface area contributed by atoms with E-state index in [0.29, 0.717) is 25.3 Å². The van der Waals surface area contributed by atoms with Crippen molar-refractivity contribution in [1.82, 2.24) is 19.9 Å². The van der Waals surface area contributed by atoms with Crippen molar-refractivity contribution in [2.75, 3.05) is 32.0 Å². The van der Waals surface area contributed by atoms with Crippen LogP contribution in [0.25, 0.3) is 11.4 Å². The van der Waals surface area contributed by atoms with Crippen molar-refractivity contribution in [3.63, 3.8) is 0 Å². The maximum Gasteiger partial charge on any atom is 0.228 e. The van der Waals surface area contributed by atoms with Crippen LogP contribution in [0.2, 0.25) is 0 Å². The second kappa shape index (κ2) is 9.36. The zero-order valence-electron chi connectivity index (χ0n) is 19.0. The lowest BCUT2D eigenvalue weighted by Crippen LogP contribution is -2.39. The maximum absolute atomic E-state index is 13.4. The van der Waals surface area contributed by atoms with Gasteiger partial charge in [0.05, 0.1) is 25.0 Å². The summed E-state index contributed by atoms with van der Waals surface area (Å²) in [5.41, 5.74) is 4.37. The number of likely N-dealkylation sites (tertiary alicyclic amines) is 1. The highest BCUT2D eigenvalue weighted by molar-refractivity contribution is 5.99. The lowest BCUT2D eigenvalue weighted by molar-refractivity contribution is -0.131. The number of rotatable bonds is 7. The topological polar surface area (TPSA) is 112 Å². The third-order valence-electron chi connectivity index (χ3n) is 6.59. The van der Waals surface area contributed by atoms with Crippen LogP contribution in [-0.2, 0) is 22.4 Å². The molecule has 0 bridgehead atoms. The summed E-state index contributed by atoms with van der Waals surface area (Å²) in [6.07, 6.45) is 2.29. The van der Waals surface area contributed by atoms with Gasteiger partial charge >= 0.3 is 0 Å². The minimum Gasteiger partial charge on any atom is -0.392 e. The van der Waals surface area contributed by atoms with Gasteiger partial charge in [-0.2, -0.15) is 4.98 Å². The van der Waals surface area contributed by atoms with Crippen LogP contribution in [0.15, 0.2) is 53.4 Å². The van der Waals surface area contributed by atoms with E-state index in [1.165, 1.54) is 6.39 Å². The summed E-state index contributed by atoms with van der Waals surface area (Å²) in [6.45, 7) is 1.98. The molecule has 2 aromatic carbocycles. The standard InChI is InChI=1S/C25H27N5O4/c1-29(24(33)10-16-5-6-17-12-23(32)27-21(17)9-16)22(14-30-8-7-20(31)13-30)18-3-2-4-19(11-18)25-26-15-34-28-25/h2-6,9,11,15,20,22,31H,7-8,10,12-14H2,1H3,(H,27,32)/t20-,22?/m1/s1. The first-order valence-electron chi connectivity index (χ1n) is 11.4. The Morgan fingerprint density at radius 3 is 2.97 bits per heavy atom. The van der Waals surface area contributed by atoms with Gasteiger partial charge in [-0.1, -0.05) is 35.5 Å². The average molecular weight is 462 g/mol. The summed E-state index contributed by atoms with van der Waals surface area (Å²) >= 11 is 0. The Balaban J connectivity index is 1.38. The monoisotopic (exact) mass is 461 g/mol. The van der Waals surface area contributed by atoms with E-state index in [4.69, 9.17) is 4.52 Å². The van der Waals surface area contributed by atoms with Crippen molar-refractivity contribution in [3.05, 3.63) is 65.5 Å². The number of carbonyl (C=O) groups excluding carboxylic acids is 2. The van der Waals surface area contributed by atoms with E-state index in [9.17, 15) is 14.7 Å². The van der Waals surface area contributed by atoms with Gasteiger partial charge in [0.2, 0.25) is 24.0 Å². The van der Waals surface area contributed by atoms with Crippen LogP contribution in [0.4, 0.5) is 5.69 Å². The molecule has 0 spiro atoms. The molecule has 2 amide bonds. The summed E-state index contributed by atoms with van der Waals surface area (Å²) in [4.78, 5) is 33.1. The van der Waals surface area contributed by atoms with Gasteiger partial charge in [-0.05, 0) is 35.2 Å². The molecular weight excluding hydrogens is 434 g/mol. The third kappa shape index (κ3) is 4.71. The molecule has 34 heavy (non-hydrogen) atoms. The number of carbonyl (C=O) groups is 2. The highest BCUT2D eigenvalue weighted by atomic mass is 16.5. The molecule has 3 aromatic rings. The molecule has 0 radical (unpaired) electrons. The maximum atomic E-state index is 13.4. The number of nitrogens with one attached hydrogen (secondary N) is 1. The van der Waals surface area contributed by atoms with Crippen LogP contribution in [0, 0.1) is 0 Å². The fraction of sp³-hybridized carbons (Fsp3) is 0.360. The van der Waals surface area contributed by atoms with Gasteiger partial charge in [0.25, 0.3) is 0 Å². The normalized spacial score (nSPS) is 18.5. The fourth-order valence-electron chi connectivity index (χ4n) is 4.70. The van der Waals surface area contributed by atoms with E-state index in [1.54, 1.807) is 4.90 Å². The predicted molar refractivity (Wildman–Crippen MR) is 125 cm³/mol. The molecule has 1 unspecified atom stereocenters. The number of nitrogens with zero attached hydrogens (tertiary/aromatic N) is 4. The SMILES string of the molecule is CN(C(=O)Cc1ccc2c(c1)NC(=O)C2)C(CN1CC[C@@H](O)C1)c1cccc(-c2ncon2)c1. The Morgan fingerprint density at radius 1 is 1.32 bits per heavy atom. The van der Waals surface area contributed by atoms with Gasteiger partial charge in [-0.25, -0.2) is 0 Å². The molecule has 9 nitrogen and oxygen atoms in total. The number of aliphatic hydroxyl groups is 1. The summed E-state index contributed by atoms with van der Waals surface area (Å²) in [5.74, 6) is 0.440. The molecule has 3 heterocycles. The van der Waals surface area contributed by atoms with Crippen LogP contribution < -0.4 is 5.32 Å². The second-order valence-corrected chi connectivity index (χ2v) is 9.00. The van der Waals surface area contributed by atoms with Gasteiger partial charge in [-0.15, -0.1) is 0 Å². The van der Waals surface area contributed by atoms with Gasteiger partial charge < -0.3 is 19.8 Å². The lowest BCUT2D eigenvalue weighted by atomic mass is 10.0. The molecule has 2 N–H and O–H groups in total. The molecule has 1 aromatic heterocycles. The Labute approximate surface area is 197 Å². The fourth-order valence-corrected chi connectivity index (χ4v) is 4.70. The zero-order valence-corrected chi connectivity index (χ0v) is 19.0. The highest BCUT2D eigenvalue weighted by Crippen LogP contribution is 2.28. The summed E-state index contributed by atoms with van der Waals surface area (Å²) in [7, 11) is 1.82. The molecule has 2 aliphatic rings. The number of amides is 2. The summed E-state index contributed by atoms with van der Waals surface area (Å²) in [6, 6.07) is 13.3. The number of benzene rings is 2. The smallest absolute Gasteiger partial charge is 0.228 e. The highest BCUT2D eigenvalue weighted by Gasteiger charge is 2.29. The zero-order chi connectivity index (χ0) is 23.7. The predicted octanol–water partition coefficient (Wildman–Crippen LogP) is 2.04. The van der Waals surface area contributed by atoms with Crippen LogP contribution in [0.3, 0.4) is 0 Å². The van der Waals surface area contributed by atoms with Crippen molar-refractivity contribution in [2.45, 2.75) is 31.4 Å². The average Bonchev–Trinajstić information content (AvgIpc) is 3.57. The van der Waals surface area contributed by atoms with Crippen molar-refractivity contribution >= 4 is 17.5 Å². The quantitative estimate of drug-likeness (QED) is 0.554. The number of β-amino-alcohol motifs (C(OH)–C–C–N with tert-alkyl or cyclic N) is 1. The summed E-state index contributed by atoms with van der Waals surface area (Å²) < 4.78 is 4.89. The number of aromatic nitrogens is 2. The Kier molecular flexibility index (Phi) is 6.12. The van der Waals surface area contributed by atoms with E-state index >= 15 is 0 Å². The van der Waals surface area contributed by atoms with E-state index in [0.717, 1.165) is 40.9 Å². The Bertz CT molecular complexity index is 1200. The molecule has 176 valence electrons.